The number of para-hydroxylation sites is 1. The van der Waals surface area contributed by atoms with Gasteiger partial charge in [-0.15, -0.1) is 10.2 Å². The molecular weight excluding hydrogens is 324 g/mol. The van der Waals surface area contributed by atoms with Gasteiger partial charge < -0.3 is 19.7 Å². The number of aromatic hydroxyl groups is 1. The molecule has 0 aliphatic carbocycles. The van der Waals surface area contributed by atoms with Crippen molar-refractivity contribution in [2.75, 3.05) is 12.4 Å². The van der Waals surface area contributed by atoms with Crippen LogP contribution in [0.2, 0.25) is 0 Å². The number of aryl methyl sites for hydroxylation is 1. The monoisotopic (exact) mass is 340 g/mol. The zero-order chi connectivity index (χ0) is 17.1. The number of nitrogens with zero attached hydrogens (tertiary/aromatic N) is 3. The molecule has 0 aliphatic heterocycles. The summed E-state index contributed by atoms with van der Waals surface area (Å²) in [6.45, 7) is 0. The van der Waals surface area contributed by atoms with E-state index >= 15 is 0 Å². The molecule has 24 heavy (non-hydrogen) atoms. The van der Waals surface area contributed by atoms with Gasteiger partial charge in [0.2, 0.25) is 5.11 Å². The number of anilines is 1. The Morgan fingerprint density at radius 1 is 1.17 bits per heavy atom. The van der Waals surface area contributed by atoms with E-state index in [0.717, 1.165) is 22.3 Å². The molecule has 1 heterocycles. The second-order valence-corrected chi connectivity index (χ2v) is 5.49. The summed E-state index contributed by atoms with van der Waals surface area (Å²) in [5.74, 6) is 1.20. The van der Waals surface area contributed by atoms with Gasteiger partial charge in [0.05, 0.1) is 12.6 Å². The first-order chi connectivity index (χ1) is 11.6. The van der Waals surface area contributed by atoms with Gasteiger partial charge in [-0.2, -0.15) is 0 Å². The van der Waals surface area contributed by atoms with Crippen molar-refractivity contribution in [2.45, 2.75) is 0 Å². The number of azo groups is 1. The predicted octanol–water partition coefficient (Wildman–Crippen LogP) is 4.37. The number of fused-ring (bicyclic) bond motifs is 1. The molecule has 2 N–H and O–H groups in total. The topological polar surface area (TPSA) is 71.1 Å². The van der Waals surface area contributed by atoms with E-state index in [4.69, 9.17) is 17.0 Å². The zero-order valence-electron chi connectivity index (χ0n) is 13.2. The molecule has 0 spiro atoms. The quantitative estimate of drug-likeness (QED) is 0.548. The van der Waals surface area contributed by atoms with Gasteiger partial charge in [0.25, 0.3) is 0 Å². The summed E-state index contributed by atoms with van der Waals surface area (Å²) in [6.07, 6.45) is 0. The van der Waals surface area contributed by atoms with Crippen molar-refractivity contribution in [3.05, 3.63) is 48.5 Å². The van der Waals surface area contributed by atoms with Gasteiger partial charge in [-0.05, 0) is 48.6 Å². The van der Waals surface area contributed by atoms with Gasteiger partial charge in [-0.1, -0.05) is 12.1 Å². The Hall–Kier alpha value is -2.93. The van der Waals surface area contributed by atoms with Crippen molar-refractivity contribution in [1.29, 1.82) is 0 Å². The van der Waals surface area contributed by atoms with E-state index in [-0.39, 0.29) is 10.9 Å². The fourth-order valence-electron chi connectivity index (χ4n) is 2.39. The van der Waals surface area contributed by atoms with Crippen LogP contribution >= 0.6 is 12.2 Å². The molecule has 2 aromatic carbocycles. The SMILES string of the molecule is COc1ccc(NC(=S)N=Nc2c(O)c3ccccc3n2C)cc1. The maximum Gasteiger partial charge on any atom is 0.218 e. The lowest BCUT2D eigenvalue weighted by molar-refractivity contribution is 0.415. The van der Waals surface area contributed by atoms with Crippen LogP contribution in [0.4, 0.5) is 11.5 Å². The minimum absolute atomic E-state index is 0.0871. The third kappa shape index (κ3) is 3.07. The van der Waals surface area contributed by atoms with Crippen molar-refractivity contribution in [2.24, 2.45) is 17.3 Å². The summed E-state index contributed by atoms with van der Waals surface area (Å²) in [7, 11) is 3.42. The average Bonchev–Trinajstić information content (AvgIpc) is 2.85. The van der Waals surface area contributed by atoms with Crippen molar-refractivity contribution in [1.82, 2.24) is 4.57 Å². The fourth-order valence-corrected chi connectivity index (χ4v) is 2.55. The summed E-state index contributed by atoms with van der Waals surface area (Å²) < 4.78 is 6.87. The Morgan fingerprint density at radius 3 is 2.54 bits per heavy atom. The Balaban J connectivity index is 1.79. The Morgan fingerprint density at radius 2 is 1.88 bits per heavy atom. The largest absolute Gasteiger partial charge is 0.504 e. The minimum atomic E-state index is 0.0871. The zero-order valence-corrected chi connectivity index (χ0v) is 14.0. The number of methoxy groups -OCH3 is 1. The average molecular weight is 340 g/mol. The highest BCUT2D eigenvalue weighted by molar-refractivity contribution is 7.80. The number of benzene rings is 2. The molecule has 1 aromatic heterocycles. The van der Waals surface area contributed by atoms with E-state index in [1.54, 1.807) is 11.7 Å². The third-order valence-electron chi connectivity index (χ3n) is 3.63. The van der Waals surface area contributed by atoms with Crippen molar-refractivity contribution in [3.8, 4) is 11.5 Å². The summed E-state index contributed by atoms with van der Waals surface area (Å²) in [4.78, 5) is 0. The van der Waals surface area contributed by atoms with Gasteiger partial charge in [0, 0.05) is 18.1 Å². The summed E-state index contributed by atoms with van der Waals surface area (Å²) in [6, 6.07) is 14.8. The molecular formula is C17H16N4O2S. The maximum absolute atomic E-state index is 10.3. The third-order valence-corrected chi connectivity index (χ3v) is 3.81. The van der Waals surface area contributed by atoms with Crippen molar-refractivity contribution in [3.63, 3.8) is 0 Å². The number of nitrogens with one attached hydrogen (secondary N) is 1. The van der Waals surface area contributed by atoms with E-state index in [9.17, 15) is 5.11 Å². The second-order valence-electron chi connectivity index (χ2n) is 5.11. The normalized spacial score (nSPS) is 11.1. The van der Waals surface area contributed by atoms with Crippen molar-refractivity contribution >= 4 is 39.7 Å². The van der Waals surface area contributed by atoms with Crippen LogP contribution in [0.3, 0.4) is 0 Å². The molecule has 0 fully saturated rings. The van der Waals surface area contributed by atoms with Crippen LogP contribution in [0.5, 0.6) is 11.5 Å². The van der Waals surface area contributed by atoms with Crippen LogP contribution in [0, 0.1) is 0 Å². The fraction of sp³-hybridized carbons (Fsp3) is 0.118. The molecule has 0 saturated heterocycles. The Bertz CT molecular complexity index is 877. The number of ether oxygens (including phenoxy) is 1. The first-order valence-corrected chi connectivity index (χ1v) is 7.64. The van der Waals surface area contributed by atoms with Crippen LogP contribution in [-0.2, 0) is 7.05 Å². The molecule has 3 aromatic rings. The standard InChI is InChI=1S/C17H16N4O2S/c1-21-14-6-4-3-5-13(14)15(22)16(21)19-20-17(24)18-11-7-9-12(23-2)10-8-11/h3-10,22H,1-2H3,(H,18,24). The van der Waals surface area contributed by atoms with Crippen LogP contribution in [-0.4, -0.2) is 21.9 Å². The molecule has 6 nitrogen and oxygen atoms in total. The number of aromatic nitrogens is 1. The lowest BCUT2D eigenvalue weighted by atomic mass is 10.2. The van der Waals surface area contributed by atoms with Crippen LogP contribution in [0.1, 0.15) is 0 Å². The van der Waals surface area contributed by atoms with Gasteiger partial charge in [0.1, 0.15) is 5.75 Å². The molecule has 122 valence electrons. The number of hydrogen-bond acceptors (Lipinski definition) is 4. The molecule has 0 atom stereocenters. The molecule has 7 heteroatoms. The molecule has 3 rings (SSSR count). The first-order valence-electron chi connectivity index (χ1n) is 7.23. The van der Waals surface area contributed by atoms with Crippen LogP contribution < -0.4 is 10.1 Å². The molecule has 0 bridgehead atoms. The van der Waals surface area contributed by atoms with E-state index in [1.165, 1.54) is 0 Å². The van der Waals surface area contributed by atoms with E-state index in [0.29, 0.717) is 5.82 Å². The van der Waals surface area contributed by atoms with Crippen LogP contribution in [0.15, 0.2) is 58.8 Å². The molecule has 0 saturated carbocycles. The van der Waals surface area contributed by atoms with Crippen molar-refractivity contribution < 1.29 is 9.84 Å². The summed E-state index contributed by atoms with van der Waals surface area (Å²) >= 11 is 5.17. The highest BCUT2D eigenvalue weighted by atomic mass is 32.1. The van der Waals surface area contributed by atoms with E-state index in [1.807, 2.05) is 55.6 Å². The predicted molar refractivity (Wildman–Crippen MR) is 98.3 cm³/mol. The van der Waals surface area contributed by atoms with Gasteiger partial charge in [0.15, 0.2) is 11.6 Å². The van der Waals surface area contributed by atoms with Gasteiger partial charge in [-0.25, -0.2) is 0 Å². The Labute approximate surface area is 144 Å². The molecule has 0 aliphatic rings. The number of thiocarbonyl (C=S) groups is 1. The maximum atomic E-state index is 10.3. The highest BCUT2D eigenvalue weighted by Crippen LogP contribution is 2.37. The molecule has 0 radical (unpaired) electrons. The minimum Gasteiger partial charge on any atom is -0.504 e. The second kappa shape index (κ2) is 6.67. The van der Waals surface area contributed by atoms with Gasteiger partial charge >= 0.3 is 0 Å². The smallest absolute Gasteiger partial charge is 0.218 e. The lowest BCUT2D eigenvalue weighted by Crippen LogP contribution is -2.04. The highest BCUT2D eigenvalue weighted by Gasteiger charge is 2.13. The van der Waals surface area contributed by atoms with Crippen LogP contribution in [0.25, 0.3) is 10.9 Å². The van der Waals surface area contributed by atoms with E-state index < -0.39 is 0 Å². The molecule has 0 unspecified atom stereocenters. The Kier molecular flexibility index (Phi) is 4.43. The number of rotatable bonds is 3. The van der Waals surface area contributed by atoms with E-state index in [2.05, 4.69) is 15.5 Å². The first kappa shape index (κ1) is 15.9. The number of hydrogen-bond donors (Lipinski definition) is 2. The summed E-state index contributed by atoms with van der Waals surface area (Å²) in [5.41, 5.74) is 1.65. The molecule has 0 amide bonds. The van der Waals surface area contributed by atoms with Gasteiger partial charge in [-0.3, -0.25) is 0 Å². The summed E-state index contributed by atoms with van der Waals surface area (Å²) in [5, 5.41) is 22.2. The lowest BCUT2D eigenvalue weighted by Gasteiger charge is -2.04.